The Labute approximate surface area is 285 Å². The second-order valence-corrected chi connectivity index (χ2v) is 13.3. The van der Waals surface area contributed by atoms with Gasteiger partial charge in [0, 0.05) is 57.0 Å². The smallest absolute Gasteiger partial charge is 0.252 e. The molecular weight excluding hydrogens is 593 g/mol. The molecule has 4 heteroatoms. The van der Waals surface area contributed by atoms with Gasteiger partial charge in [0.15, 0.2) is 0 Å². The molecule has 2 aromatic heterocycles. The Balaban J connectivity index is 1.22. The summed E-state index contributed by atoms with van der Waals surface area (Å²) in [5.41, 5.74) is 17.8. The lowest BCUT2D eigenvalue weighted by Crippen LogP contribution is -2.60. The first-order valence-corrected chi connectivity index (χ1v) is 17.1. The van der Waals surface area contributed by atoms with E-state index < -0.39 is 0 Å². The Morgan fingerprint density at radius 3 is 1.80 bits per heavy atom. The number of para-hydroxylation sites is 3. The number of hydrogen-bond donors (Lipinski definition) is 0. The minimum absolute atomic E-state index is 0.114. The van der Waals surface area contributed by atoms with E-state index >= 15 is 0 Å². The Kier molecular flexibility index (Phi) is 5.40. The van der Waals surface area contributed by atoms with Crippen molar-refractivity contribution in [2.24, 2.45) is 0 Å². The van der Waals surface area contributed by atoms with E-state index in [1.165, 1.54) is 94.2 Å². The lowest BCUT2D eigenvalue weighted by atomic mass is 9.34. The Bertz CT molecular complexity index is 2740. The predicted octanol–water partition coefficient (Wildman–Crippen LogP) is 8.97. The molecule has 2 aliphatic heterocycles. The van der Waals surface area contributed by atoms with Gasteiger partial charge >= 0.3 is 0 Å². The molecule has 9 aromatic rings. The van der Waals surface area contributed by atoms with Gasteiger partial charge in [0.2, 0.25) is 0 Å². The van der Waals surface area contributed by atoms with Crippen LogP contribution in [-0.4, -0.2) is 22.9 Å². The minimum Gasteiger partial charge on any atom is -0.345 e. The summed E-state index contributed by atoms with van der Waals surface area (Å²) in [6, 6.07) is 60.3. The van der Waals surface area contributed by atoms with Crippen molar-refractivity contribution in [1.82, 2.24) is 9.13 Å². The van der Waals surface area contributed by atoms with E-state index in [0.717, 1.165) is 0 Å². The fourth-order valence-electron chi connectivity index (χ4n) is 8.94. The first-order valence-electron chi connectivity index (χ1n) is 17.1. The van der Waals surface area contributed by atoms with Crippen molar-refractivity contribution in [2.45, 2.75) is 0 Å². The van der Waals surface area contributed by atoms with Crippen LogP contribution in [0.4, 0.5) is 11.4 Å². The van der Waals surface area contributed by atoms with Crippen LogP contribution in [0.15, 0.2) is 164 Å². The van der Waals surface area contributed by atoms with E-state index in [9.17, 15) is 0 Å². The molecule has 4 heterocycles. The van der Waals surface area contributed by atoms with Gasteiger partial charge in [-0.2, -0.15) is 0 Å². The van der Waals surface area contributed by atoms with Gasteiger partial charge in [0.25, 0.3) is 6.71 Å². The first-order chi connectivity index (χ1) is 24.3. The lowest BCUT2D eigenvalue weighted by Gasteiger charge is -2.39. The SMILES string of the molecule is CN1c2cc(-n3c4ccccc4c4ccccc43)ccc2B2c3c1cccc3-n1c(-c3ccccc3)c(-c3ccccc3)c3cccc2c31. The fourth-order valence-corrected chi connectivity index (χ4v) is 8.94. The van der Waals surface area contributed by atoms with Crippen molar-refractivity contribution in [3.05, 3.63) is 164 Å². The molecule has 49 heavy (non-hydrogen) atoms. The molecule has 0 spiro atoms. The molecule has 228 valence electrons. The zero-order valence-corrected chi connectivity index (χ0v) is 27.0. The highest BCUT2D eigenvalue weighted by Gasteiger charge is 2.41. The molecule has 7 aromatic carbocycles. The van der Waals surface area contributed by atoms with E-state index in [2.05, 4.69) is 185 Å². The molecule has 0 N–H and O–H groups in total. The summed E-state index contributed by atoms with van der Waals surface area (Å²) in [5, 5.41) is 3.85. The van der Waals surface area contributed by atoms with Crippen LogP contribution in [0.3, 0.4) is 0 Å². The van der Waals surface area contributed by atoms with Gasteiger partial charge in [-0.25, -0.2) is 0 Å². The van der Waals surface area contributed by atoms with Crippen LogP contribution in [0.5, 0.6) is 0 Å². The van der Waals surface area contributed by atoms with Crippen LogP contribution in [0.1, 0.15) is 0 Å². The molecule has 0 radical (unpaired) electrons. The van der Waals surface area contributed by atoms with E-state index in [0.29, 0.717) is 0 Å². The average molecular weight is 624 g/mol. The molecule has 0 atom stereocenters. The molecular formula is C45H30BN3. The van der Waals surface area contributed by atoms with Crippen molar-refractivity contribution in [1.29, 1.82) is 0 Å². The first kappa shape index (κ1) is 26.8. The molecule has 0 unspecified atom stereocenters. The van der Waals surface area contributed by atoms with Gasteiger partial charge in [-0.1, -0.05) is 127 Å². The number of benzene rings is 7. The van der Waals surface area contributed by atoms with Gasteiger partial charge in [-0.15, -0.1) is 0 Å². The summed E-state index contributed by atoms with van der Waals surface area (Å²) < 4.78 is 4.98. The van der Waals surface area contributed by atoms with Crippen LogP contribution in [0, 0.1) is 0 Å². The van der Waals surface area contributed by atoms with E-state index in [4.69, 9.17) is 0 Å². The number of fused-ring (bicyclic) bond motifs is 7. The van der Waals surface area contributed by atoms with Crippen LogP contribution < -0.4 is 21.3 Å². The summed E-state index contributed by atoms with van der Waals surface area (Å²) in [6.45, 7) is 0.114. The van der Waals surface area contributed by atoms with Crippen molar-refractivity contribution >= 4 is 67.2 Å². The summed E-state index contributed by atoms with van der Waals surface area (Å²) in [7, 11) is 2.24. The number of nitrogens with zero attached hydrogens (tertiary/aromatic N) is 3. The average Bonchev–Trinajstić information content (AvgIpc) is 3.69. The number of rotatable bonds is 3. The predicted molar refractivity (Wildman–Crippen MR) is 208 cm³/mol. The van der Waals surface area contributed by atoms with Gasteiger partial charge in [-0.05, 0) is 63.9 Å². The maximum atomic E-state index is 2.56. The topological polar surface area (TPSA) is 13.1 Å². The standard InChI is InChI=1S/C45H30BN3/c1-47-39-24-13-25-40-43(39)46(35-27-26-31(28-41(35)47)48-37-22-10-8-18-32(37)33-19-9-11-23-38(33)48)36-21-12-20-34-42(29-14-4-2-5-15-29)44(49(40)45(34)36)30-16-6-3-7-17-30/h2-28H,1H3. The van der Waals surface area contributed by atoms with Gasteiger partial charge in [-0.3, -0.25) is 0 Å². The van der Waals surface area contributed by atoms with Crippen molar-refractivity contribution < 1.29 is 0 Å². The highest BCUT2D eigenvalue weighted by atomic mass is 15.1. The van der Waals surface area contributed by atoms with E-state index in [-0.39, 0.29) is 6.71 Å². The second-order valence-electron chi connectivity index (χ2n) is 13.3. The number of aromatic nitrogens is 2. The largest absolute Gasteiger partial charge is 0.345 e. The molecule has 0 fully saturated rings. The highest BCUT2D eigenvalue weighted by molar-refractivity contribution is 7.00. The summed E-state index contributed by atoms with van der Waals surface area (Å²) in [4.78, 5) is 2.41. The second kappa shape index (κ2) is 9.88. The quantitative estimate of drug-likeness (QED) is 0.179. The van der Waals surface area contributed by atoms with Gasteiger partial charge in [0.05, 0.1) is 16.7 Å². The van der Waals surface area contributed by atoms with E-state index in [1.807, 2.05) is 0 Å². The number of hydrogen-bond acceptors (Lipinski definition) is 1. The molecule has 0 bridgehead atoms. The highest BCUT2D eigenvalue weighted by Crippen LogP contribution is 2.45. The molecule has 2 aliphatic rings. The summed E-state index contributed by atoms with van der Waals surface area (Å²) in [5.74, 6) is 0. The van der Waals surface area contributed by atoms with Gasteiger partial charge in [0.1, 0.15) is 0 Å². The van der Waals surface area contributed by atoms with Crippen LogP contribution >= 0.6 is 0 Å². The molecule has 0 amide bonds. The lowest BCUT2D eigenvalue weighted by molar-refractivity contribution is 1.12. The van der Waals surface area contributed by atoms with Crippen LogP contribution in [0.2, 0.25) is 0 Å². The van der Waals surface area contributed by atoms with Crippen molar-refractivity contribution in [2.75, 3.05) is 11.9 Å². The third kappa shape index (κ3) is 3.53. The molecule has 3 nitrogen and oxygen atoms in total. The zero-order valence-electron chi connectivity index (χ0n) is 27.0. The maximum absolute atomic E-state index is 2.56. The van der Waals surface area contributed by atoms with E-state index in [1.54, 1.807) is 0 Å². The van der Waals surface area contributed by atoms with Crippen molar-refractivity contribution in [3.8, 4) is 33.8 Å². The van der Waals surface area contributed by atoms with Crippen LogP contribution in [0.25, 0.3) is 66.5 Å². The van der Waals surface area contributed by atoms with Crippen LogP contribution in [-0.2, 0) is 0 Å². The summed E-state index contributed by atoms with van der Waals surface area (Å²) in [6.07, 6.45) is 0. The molecule has 0 saturated heterocycles. The third-order valence-corrected chi connectivity index (χ3v) is 10.9. The zero-order chi connectivity index (χ0) is 32.2. The third-order valence-electron chi connectivity index (χ3n) is 10.9. The minimum atomic E-state index is 0.114. The maximum Gasteiger partial charge on any atom is 0.252 e. The Hall–Kier alpha value is -6.26. The molecule has 0 aliphatic carbocycles. The molecule has 0 saturated carbocycles. The van der Waals surface area contributed by atoms with Crippen molar-refractivity contribution in [3.63, 3.8) is 0 Å². The molecule has 11 rings (SSSR count). The monoisotopic (exact) mass is 623 g/mol. The Morgan fingerprint density at radius 1 is 0.449 bits per heavy atom. The van der Waals surface area contributed by atoms with Gasteiger partial charge < -0.3 is 14.0 Å². The summed E-state index contributed by atoms with van der Waals surface area (Å²) >= 11 is 0. The fraction of sp³-hybridized carbons (Fsp3) is 0.0222. The number of anilines is 2. The normalized spacial score (nSPS) is 12.9. The Morgan fingerprint density at radius 2 is 1.06 bits per heavy atom.